The van der Waals surface area contributed by atoms with Gasteiger partial charge in [0.05, 0.1) is 19.3 Å². The van der Waals surface area contributed by atoms with E-state index >= 15 is 0 Å². The number of aryl methyl sites for hydroxylation is 2. The lowest BCUT2D eigenvalue weighted by Crippen LogP contribution is -2.24. The monoisotopic (exact) mass is 269 g/mol. The van der Waals surface area contributed by atoms with Gasteiger partial charge in [0.1, 0.15) is 17.6 Å². The second-order valence-electron chi connectivity index (χ2n) is 5.18. The highest BCUT2D eigenvalue weighted by molar-refractivity contribution is 5.63. The molecule has 3 rings (SSSR count). The minimum absolute atomic E-state index is 0.0286. The average Bonchev–Trinajstić information content (AvgIpc) is 2.47. The number of benzene rings is 2. The van der Waals surface area contributed by atoms with Gasteiger partial charge in [0.2, 0.25) is 0 Å². The van der Waals surface area contributed by atoms with Crippen molar-refractivity contribution in [1.82, 2.24) is 0 Å². The molecule has 0 radical (unpaired) electrons. The summed E-state index contributed by atoms with van der Waals surface area (Å²) >= 11 is 0. The zero-order chi connectivity index (χ0) is 14.1. The van der Waals surface area contributed by atoms with Crippen LogP contribution in [0.15, 0.2) is 36.4 Å². The number of anilines is 1. The van der Waals surface area contributed by atoms with E-state index in [-0.39, 0.29) is 6.10 Å². The van der Waals surface area contributed by atoms with Crippen molar-refractivity contribution >= 4 is 5.69 Å². The van der Waals surface area contributed by atoms with Crippen LogP contribution in [0.3, 0.4) is 0 Å². The largest absolute Gasteiger partial charge is 0.496 e. The van der Waals surface area contributed by atoms with Gasteiger partial charge in [0, 0.05) is 5.56 Å². The van der Waals surface area contributed by atoms with E-state index in [1.54, 1.807) is 7.11 Å². The maximum atomic E-state index is 6.15. The van der Waals surface area contributed by atoms with E-state index in [1.807, 2.05) is 18.2 Å². The van der Waals surface area contributed by atoms with Crippen LogP contribution in [-0.4, -0.2) is 13.7 Å². The molecule has 104 valence electrons. The van der Waals surface area contributed by atoms with Crippen LogP contribution in [-0.2, 0) is 0 Å². The molecule has 3 nitrogen and oxygen atoms in total. The number of fused-ring (bicyclic) bond motifs is 1. The molecule has 1 atom stereocenters. The fourth-order valence-electron chi connectivity index (χ4n) is 2.63. The molecule has 0 saturated heterocycles. The molecule has 2 aromatic carbocycles. The van der Waals surface area contributed by atoms with Crippen LogP contribution in [0.1, 0.15) is 22.8 Å². The smallest absolute Gasteiger partial charge is 0.145 e. The van der Waals surface area contributed by atoms with Gasteiger partial charge < -0.3 is 14.8 Å². The number of hydrogen-bond donors (Lipinski definition) is 1. The van der Waals surface area contributed by atoms with Crippen LogP contribution < -0.4 is 14.8 Å². The molecule has 20 heavy (non-hydrogen) atoms. The second-order valence-corrected chi connectivity index (χ2v) is 5.18. The van der Waals surface area contributed by atoms with Crippen molar-refractivity contribution in [2.45, 2.75) is 20.0 Å². The third kappa shape index (κ3) is 2.20. The highest BCUT2D eigenvalue weighted by Gasteiger charge is 2.24. The Morgan fingerprint density at radius 1 is 1.20 bits per heavy atom. The Morgan fingerprint density at radius 3 is 2.85 bits per heavy atom. The van der Waals surface area contributed by atoms with E-state index in [0.717, 1.165) is 29.3 Å². The van der Waals surface area contributed by atoms with Crippen LogP contribution in [0.2, 0.25) is 0 Å². The second kappa shape index (κ2) is 5.08. The Bertz CT molecular complexity index is 637. The lowest BCUT2D eigenvalue weighted by atomic mass is 10.0. The molecule has 3 heteroatoms. The first-order valence-corrected chi connectivity index (χ1v) is 6.83. The van der Waals surface area contributed by atoms with Crippen molar-refractivity contribution in [3.63, 3.8) is 0 Å². The van der Waals surface area contributed by atoms with E-state index < -0.39 is 0 Å². The van der Waals surface area contributed by atoms with Gasteiger partial charge in [-0.1, -0.05) is 23.8 Å². The summed E-state index contributed by atoms with van der Waals surface area (Å²) in [5.41, 5.74) is 4.60. The summed E-state index contributed by atoms with van der Waals surface area (Å²) in [5.74, 6) is 1.78. The summed E-state index contributed by atoms with van der Waals surface area (Å²) in [6.07, 6.45) is -0.0286. The minimum atomic E-state index is -0.0286. The highest BCUT2D eigenvalue weighted by atomic mass is 16.5. The summed E-state index contributed by atoms with van der Waals surface area (Å²) in [6, 6.07) is 12.3. The summed E-state index contributed by atoms with van der Waals surface area (Å²) in [4.78, 5) is 0. The number of nitrogens with one attached hydrogen (secondary N) is 1. The third-order valence-electron chi connectivity index (χ3n) is 3.70. The first-order chi connectivity index (χ1) is 9.69. The van der Waals surface area contributed by atoms with Gasteiger partial charge in [-0.05, 0) is 37.6 Å². The molecular weight excluding hydrogens is 250 g/mol. The topological polar surface area (TPSA) is 30.5 Å². The standard InChI is InChI=1S/C17H19NO2/c1-11-7-8-14(19-3)13(9-11)16-10-18-17-12(2)5-4-6-15(17)20-16/h4-9,16,18H,10H2,1-3H3. The predicted molar refractivity (Wildman–Crippen MR) is 80.8 cm³/mol. The van der Waals surface area contributed by atoms with Crippen LogP contribution in [0.25, 0.3) is 0 Å². The maximum absolute atomic E-state index is 6.15. The average molecular weight is 269 g/mol. The predicted octanol–water partition coefficient (Wildman–Crippen LogP) is 3.86. The van der Waals surface area contributed by atoms with Crippen molar-refractivity contribution < 1.29 is 9.47 Å². The van der Waals surface area contributed by atoms with Crippen molar-refractivity contribution in [2.24, 2.45) is 0 Å². The Hall–Kier alpha value is -2.16. The van der Waals surface area contributed by atoms with Crippen molar-refractivity contribution in [3.05, 3.63) is 53.1 Å². The van der Waals surface area contributed by atoms with Crippen LogP contribution in [0.4, 0.5) is 5.69 Å². The molecule has 0 fully saturated rings. The minimum Gasteiger partial charge on any atom is -0.496 e. The molecule has 2 aromatic rings. The molecular formula is C17H19NO2. The van der Waals surface area contributed by atoms with Crippen LogP contribution >= 0.6 is 0 Å². The summed E-state index contributed by atoms with van der Waals surface area (Å²) in [7, 11) is 1.70. The number of para-hydroxylation sites is 1. The van der Waals surface area contributed by atoms with Gasteiger partial charge in [-0.2, -0.15) is 0 Å². The van der Waals surface area contributed by atoms with Crippen molar-refractivity contribution in [2.75, 3.05) is 19.0 Å². The molecule has 1 unspecified atom stereocenters. The summed E-state index contributed by atoms with van der Waals surface area (Å²) < 4.78 is 11.6. The molecule has 1 aliphatic rings. The fraction of sp³-hybridized carbons (Fsp3) is 0.294. The van der Waals surface area contributed by atoms with E-state index in [4.69, 9.17) is 9.47 Å². The number of hydrogen-bond acceptors (Lipinski definition) is 3. The summed E-state index contributed by atoms with van der Waals surface area (Å²) in [6.45, 7) is 4.91. The Labute approximate surface area is 119 Å². The number of methoxy groups -OCH3 is 1. The molecule has 1 aliphatic heterocycles. The van der Waals surface area contributed by atoms with Crippen molar-refractivity contribution in [3.8, 4) is 11.5 Å². The third-order valence-corrected chi connectivity index (χ3v) is 3.70. The molecule has 0 spiro atoms. The maximum Gasteiger partial charge on any atom is 0.145 e. The van der Waals surface area contributed by atoms with Gasteiger partial charge in [-0.3, -0.25) is 0 Å². The van der Waals surface area contributed by atoms with Crippen LogP contribution in [0, 0.1) is 13.8 Å². The fourth-order valence-corrected chi connectivity index (χ4v) is 2.63. The quantitative estimate of drug-likeness (QED) is 0.898. The molecule has 0 aliphatic carbocycles. The normalized spacial score (nSPS) is 16.9. The van der Waals surface area contributed by atoms with E-state index in [9.17, 15) is 0 Å². The first-order valence-electron chi connectivity index (χ1n) is 6.83. The molecule has 1 N–H and O–H groups in total. The Balaban J connectivity index is 1.96. The lowest BCUT2D eigenvalue weighted by molar-refractivity contribution is 0.205. The highest BCUT2D eigenvalue weighted by Crippen LogP contribution is 2.38. The Morgan fingerprint density at radius 2 is 2.05 bits per heavy atom. The molecule has 1 heterocycles. The molecule has 0 bridgehead atoms. The van der Waals surface area contributed by atoms with Crippen molar-refractivity contribution in [1.29, 1.82) is 0 Å². The lowest BCUT2D eigenvalue weighted by Gasteiger charge is -2.29. The SMILES string of the molecule is COc1ccc(C)cc1C1CNc2c(C)cccc2O1. The van der Waals surface area contributed by atoms with Gasteiger partial charge in [0.25, 0.3) is 0 Å². The summed E-state index contributed by atoms with van der Waals surface area (Å²) in [5, 5.41) is 3.47. The first kappa shape index (κ1) is 12.9. The number of ether oxygens (including phenoxy) is 2. The van der Waals surface area contributed by atoms with E-state index in [2.05, 4.69) is 37.4 Å². The van der Waals surface area contributed by atoms with E-state index in [0.29, 0.717) is 0 Å². The van der Waals surface area contributed by atoms with Crippen LogP contribution in [0.5, 0.6) is 11.5 Å². The van der Waals surface area contributed by atoms with Gasteiger partial charge >= 0.3 is 0 Å². The molecule has 0 saturated carbocycles. The van der Waals surface area contributed by atoms with Gasteiger partial charge in [-0.25, -0.2) is 0 Å². The van der Waals surface area contributed by atoms with E-state index in [1.165, 1.54) is 11.1 Å². The zero-order valence-corrected chi connectivity index (χ0v) is 12.1. The van der Waals surface area contributed by atoms with Gasteiger partial charge in [-0.15, -0.1) is 0 Å². The number of rotatable bonds is 2. The molecule has 0 amide bonds. The zero-order valence-electron chi connectivity index (χ0n) is 12.1. The molecule has 0 aromatic heterocycles. The Kier molecular flexibility index (Phi) is 3.26. The van der Waals surface area contributed by atoms with Gasteiger partial charge in [0.15, 0.2) is 0 Å².